The Morgan fingerprint density at radius 2 is 2.15 bits per heavy atom. The molecule has 0 N–H and O–H groups in total. The highest BCUT2D eigenvalue weighted by atomic mass is 79.9. The minimum absolute atomic E-state index is 0.792. The minimum atomic E-state index is 0.792. The van der Waals surface area contributed by atoms with E-state index in [1.165, 1.54) is 38.9 Å². The highest BCUT2D eigenvalue weighted by Crippen LogP contribution is 2.27. The standard InChI is InChI=1S/C11H22BrN/c1-3-13(8-10(2)7-12)9-11-5-4-6-11/h10-11H,3-9H2,1-2H3. The topological polar surface area (TPSA) is 3.24 Å². The van der Waals surface area contributed by atoms with Gasteiger partial charge >= 0.3 is 0 Å². The van der Waals surface area contributed by atoms with Crippen LogP contribution in [-0.2, 0) is 0 Å². The van der Waals surface area contributed by atoms with Gasteiger partial charge in [0.15, 0.2) is 0 Å². The van der Waals surface area contributed by atoms with E-state index >= 15 is 0 Å². The molecule has 1 nitrogen and oxygen atoms in total. The monoisotopic (exact) mass is 247 g/mol. The van der Waals surface area contributed by atoms with Gasteiger partial charge in [-0.15, -0.1) is 0 Å². The van der Waals surface area contributed by atoms with E-state index in [4.69, 9.17) is 0 Å². The molecular formula is C11H22BrN. The molecule has 0 bridgehead atoms. The third-order valence-corrected chi connectivity index (χ3v) is 4.13. The van der Waals surface area contributed by atoms with Crippen molar-refractivity contribution in [1.29, 1.82) is 0 Å². The van der Waals surface area contributed by atoms with E-state index in [0.717, 1.165) is 17.2 Å². The first-order chi connectivity index (χ1) is 6.26. The molecule has 2 heteroatoms. The first-order valence-corrected chi connectivity index (χ1v) is 6.66. The van der Waals surface area contributed by atoms with Crippen LogP contribution in [0.25, 0.3) is 0 Å². The summed E-state index contributed by atoms with van der Waals surface area (Å²) in [6.07, 6.45) is 4.41. The van der Waals surface area contributed by atoms with Crippen LogP contribution in [0.1, 0.15) is 33.1 Å². The zero-order valence-electron chi connectivity index (χ0n) is 8.93. The Morgan fingerprint density at radius 1 is 1.46 bits per heavy atom. The average Bonchev–Trinajstić information content (AvgIpc) is 2.08. The molecule has 1 fully saturated rings. The fourth-order valence-electron chi connectivity index (χ4n) is 1.86. The maximum Gasteiger partial charge on any atom is 0.00692 e. The second-order valence-electron chi connectivity index (χ2n) is 4.41. The molecular weight excluding hydrogens is 226 g/mol. The normalized spacial score (nSPS) is 20.3. The number of hydrogen-bond acceptors (Lipinski definition) is 1. The number of alkyl halides is 1. The summed E-state index contributed by atoms with van der Waals surface area (Å²) < 4.78 is 0. The summed E-state index contributed by atoms with van der Waals surface area (Å²) in [7, 11) is 0. The second kappa shape index (κ2) is 6.02. The van der Waals surface area contributed by atoms with Crippen LogP contribution >= 0.6 is 15.9 Å². The first-order valence-electron chi connectivity index (χ1n) is 5.54. The van der Waals surface area contributed by atoms with Gasteiger partial charge in [-0.25, -0.2) is 0 Å². The molecule has 0 radical (unpaired) electrons. The van der Waals surface area contributed by atoms with Crippen molar-refractivity contribution < 1.29 is 0 Å². The molecule has 0 amide bonds. The highest BCUT2D eigenvalue weighted by molar-refractivity contribution is 9.09. The summed E-state index contributed by atoms with van der Waals surface area (Å²) in [6, 6.07) is 0. The Labute approximate surface area is 91.0 Å². The summed E-state index contributed by atoms with van der Waals surface area (Å²) in [5.74, 6) is 1.81. The second-order valence-corrected chi connectivity index (χ2v) is 5.06. The van der Waals surface area contributed by atoms with Crippen LogP contribution in [0.2, 0.25) is 0 Å². The van der Waals surface area contributed by atoms with Gasteiger partial charge in [0.1, 0.15) is 0 Å². The minimum Gasteiger partial charge on any atom is -0.303 e. The van der Waals surface area contributed by atoms with Crippen LogP contribution in [0.4, 0.5) is 0 Å². The molecule has 1 atom stereocenters. The van der Waals surface area contributed by atoms with Gasteiger partial charge in [-0.05, 0) is 31.2 Å². The van der Waals surface area contributed by atoms with Crippen molar-refractivity contribution in [3.8, 4) is 0 Å². The lowest BCUT2D eigenvalue weighted by Crippen LogP contribution is -2.35. The van der Waals surface area contributed by atoms with Gasteiger partial charge in [0, 0.05) is 18.4 Å². The zero-order valence-corrected chi connectivity index (χ0v) is 10.5. The SMILES string of the molecule is CCN(CC(C)CBr)CC1CCC1. The molecule has 0 saturated heterocycles. The van der Waals surface area contributed by atoms with Crippen LogP contribution in [0, 0.1) is 11.8 Å². The van der Waals surface area contributed by atoms with Crippen LogP contribution < -0.4 is 0 Å². The molecule has 13 heavy (non-hydrogen) atoms. The number of halogens is 1. The van der Waals surface area contributed by atoms with Crippen molar-refractivity contribution in [2.75, 3.05) is 25.0 Å². The van der Waals surface area contributed by atoms with E-state index in [1.807, 2.05) is 0 Å². The van der Waals surface area contributed by atoms with Gasteiger partial charge in [0.2, 0.25) is 0 Å². The van der Waals surface area contributed by atoms with Crippen molar-refractivity contribution in [1.82, 2.24) is 4.90 Å². The van der Waals surface area contributed by atoms with E-state index < -0.39 is 0 Å². The molecule has 0 heterocycles. The summed E-state index contributed by atoms with van der Waals surface area (Å²) in [6.45, 7) is 8.41. The number of nitrogens with zero attached hydrogens (tertiary/aromatic N) is 1. The predicted molar refractivity (Wildman–Crippen MR) is 62.4 cm³/mol. The fraction of sp³-hybridized carbons (Fsp3) is 1.00. The highest BCUT2D eigenvalue weighted by Gasteiger charge is 2.20. The number of hydrogen-bond donors (Lipinski definition) is 0. The van der Waals surface area contributed by atoms with Gasteiger partial charge in [-0.2, -0.15) is 0 Å². The Bertz CT molecular complexity index is 127. The van der Waals surface area contributed by atoms with Crippen molar-refractivity contribution in [2.24, 2.45) is 11.8 Å². The van der Waals surface area contributed by atoms with Gasteiger partial charge in [0.25, 0.3) is 0 Å². The average molecular weight is 248 g/mol. The fourth-order valence-corrected chi connectivity index (χ4v) is 2.07. The molecule has 0 aromatic carbocycles. The van der Waals surface area contributed by atoms with Crippen LogP contribution in [0.3, 0.4) is 0 Å². The smallest absolute Gasteiger partial charge is 0.00692 e. The van der Waals surface area contributed by atoms with Crippen molar-refractivity contribution in [3.05, 3.63) is 0 Å². The lowest BCUT2D eigenvalue weighted by Gasteiger charge is -2.32. The third-order valence-electron chi connectivity index (χ3n) is 3.02. The molecule has 0 aromatic heterocycles. The van der Waals surface area contributed by atoms with Gasteiger partial charge in [-0.1, -0.05) is 36.2 Å². The summed E-state index contributed by atoms with van der Waals surface area (Å²) in [4.78, 5) is 2.61. The molecule has 0 spiro atoms. The molecule has 78 valence electrons. The molecule has 0 aliphatic heterocycles. The van der Waals surface area contributed by atoms with E-state index in [2.05, 4.69) is 34.7 Å². The van der Waals surface area contributed by atoms with Gasteiger partial charge in [-0.3, -0.25) is 0 Å². The van der Waals surface area contributed by atoms with E-state index in [-0.39, 0.29) is 0 Å². The lowest BCUT2D eigenvalue weighted by atomic mass is 9.85. The Hall–Kier alpha value is 0.440. The summed E-state index contributed by atoms with van der Waals surface area (Å²) in [5, 5.41) is 1.13. The first kappa shape index (κ1) is 11.5. The van der Waals surface area contributed by atoms with Crippen LogP contribution in [0.15, 0.2) is 0 Å². The molecule has 1 saturated carbocycles. The summed E-state index contributed by atoms with van der Waals surface area (Å²) >= 11 is 3.54. The quantitative estimate of drug-likeness (QED) is 0.653. The van der Waals surface area contributed by atoms with Crippen LogP contribution in [0.5, 0.6) is 0 Å². The maximum absolute atomic E-state index is 3.54. The van der Waals surface area contributed by atoms with E-state index in [9.17, 15) is 0 Å². The molecule has 1 rings (SSSR count). The Morgan fingerprint density at radius 3 is 2.54 bits per heavy atom. The van der Waals surface area contributed by atoms with E-state index in [1.54, 1.807) is 0 Å². The molecule has 1 unspecified atom stereocenters. The van der Waals surface area contributed by atoms with Gasteiger partial charge < -0.3 is 4.90 Å². The van der Waals surface area contributed by atoms with Crippen molar-refractivity contribution >= 4 is 15.9 Å². The molecule has 0 aromatic rings. The number of rotatable bonds is 6. The van der Waals surface area contributed by atoms with E-state index in [0.29, 0.717) is 0 Å². The zero-order chi connectivity index (χ0) is 9.68. The summed E-state index contributed by atoms with van der Waals surface area (Å²) in [5.41, 5.74) is 0. The van der Waals surface area contributed by atoms with Gasteiger partial charge in [0.05, 0.1) is 0 Å². The maximum atomic E-state index is 3.54. The molecule has 1 aliphatic rings. The lowest BCUT2D eigenvalue weighted by molar-refractivity contribution is 0.171. The Balaban J connectivity index is 2.16. The van der Waals surface area contributed by atoms with Crippen molar-refractivity contribution in [3.63, 3.8) is 0 Å². The molecule has 1 aliphatic carbocycles. The van der Waals surface area contributed by atoms with Crippen LogP contribution in [-0.4, -0.2) is 29.9 Å². The third kappa shape index (κ3) is 3.99. The predicted octanol–water partition coefficient (Wildman–Crippen LogP) is 3.14. The largest absolute Gasteiger partial charge is 0.303 e. The Kier molecular flexibility index (Phi) is 5.34. The van der Waals surface area contributed by atoms with Crippen molar-refractivity contribution in [2.45, 2.75) is 33.1 Å².